The highest BCUT2D eigenvalue weighted by Gasteiger charge is 2.47. The molecule has 0 saturated heterocycles. The lowest BCUT2D eigenvalue weighted by atomic mass is 9.78. The quantitative estimate of drug-likeness (QED) is 0.156. The number of aromatic nitrogens is 2. The summed E-state index contributed by atoms with van der Waals surface area (Å²) in [4.78, 5) is 0. The molecule has 2 aliphatic rings. The van der Waals surface area contributed by atoms with Gasteiger partial charge in [-0.15, -0.1) is 0 Å². The first kappa shape index (κ1) is 25.9. The number of benzene rings is 3. The number of allylic oxidation sites excluding steroid dienone is 1. The predicted molar refractivity (Wildman–Crippen MR) is 173 cm³/mol. The Hall–Kier alpha value is -4.08. The second kappa shape index (κ2) is 9.78. The van der Waals surface area contributed by atoms with Crippen molar-refractivity contribution in [2.75, 3.05) is 0 Å². The van der Waals surface area contributed by atoms with Gasteiger partial charge in [0.25, 0.3) is 0 Å². The van der Waals surface area contributed by atoms with Gasteiger partial charge in [0.15, 0.2) is 12.4 Å². The molecule has 7 rings (SSSR count). The van der Waals surface area contributed by atoms with E-state index < -0.39 is 8.07 Å². The summed E-state index contributed by atoms with van der Waals surface area (Å²) < 4.78 is 4.97. The van der Waals surface area contributed by atoms with Gasteiger partial charge in [0.05, 0.1) is 19.6 Å². The summed E-state index contributed by atoms with van der Waals surface area (Å²) in [7, 11) is -1.70. The number of aryl methyl sites for hydroxylation is 2. The van der Waals surface area contributed by atoms with Crippen molar-refractivity contribution in [1.82, 2.24) is 0 Å². The van der Waals surface area contributed by atoms with Gasteiger partial charge in [0.1, 0.15) is 0 Å². The summed E-state index contributed by atoms with van der Waals surface area (Å²) in [6.45, 7) is 14.6. The fourth-order valence-corrected chi connectivity index (χ4v) is 8.82. The third kappa shape index (κ3) is 4.22. The first-order valence-electron chi connectivity index (χ1n) is 14.9. The molecule has 0 bridgehead atoms. The van der Waals surface area contributed by atoms with Gasteiger partial charge >= 0.3 is 0 Å². The SMILES string of the molecule is C=C1C2C(CCc3ccccc3-c3cc([Si](C)(C)C)c(-c4ccccc4)c[n+]31)c1ccccc1-c1c(C)ccc[n+]12. The van der Waals surface area contributed by atoms with E-state index in [4.69, 9.17) is 6.58 Å². The molecule has 5 aromatic rings. The summed E-state index contributed by atoms with van der Waals surface area (Å²) in [5.41, 5.74) is 13.2. The monoisotopic (exact) mass is 550 g/mol. The molecule has 0 radical (unpaired) electrons. The van der Waals surface area contributed by atoms with Crippen molar-refractivity contribution in [2.24, 2.45) is 0 Å². The molecule has 3 heteroatoms. The number of hydrogen-bond acceptors (Lipinski definition) is 0. The smallest absolute Gasteiger partial charge is 0.184 e. The third-order valence-electron chi connectivity index (χ3n) is 9.17. The summed E-state index contributed by atoms with van der Waals surface area (Å²) in [6, 6.07) is 36.1. The van der Waals surface area contributed by atoms with Crippen LogP contribution in [0.4, 0.5) is 0 Å². The summed E-state index contributed by atoms with van der Waals surface area (Å²) >= 11 is 0. The molecule has 0 N–H and O–H groups in total. The molecule has 41 heavy (non-hydrogen) atoms. The maximum atomic E-state index is 4.94. The molecule has 2 aliphatic heterocycles. The van der Waals surface area contributed by atoms with Crippen molar-refractivity contribution in [3.05, 3.63) is 133 Å². The van der Waals surface area contributed by atoms with Crippen LogP contribution in [0.25, 0.3) is 39.3 Å². The number of rotatable bonds is 2. The van der Waals surface area contributed by atoms with Gasteiger partial charge in [0, 0.05) is 28.8 Å². The second-order valence-corrected chi connectivity index (χ2v) is 17.8. The Morgan fingerprint density at radius 1 is 0.780 bits per heavy atom. The molecule has 202 valence electrons. The molecular formula is C38H38N2Si+2. The lowest BCUT2D eigenvalue weighted by Crippen LogP contribution is -2.54. The van der Waals surface area contributed by atoms with Crippen molar-refractivity contribution >= 4 is 19.0 Å². The molecule has 2 nitrogen and oxygen atoms in total. The molecule has 0 aliphatic carbocycles. The van der Waals surface area contributed by atoms with Gasteiger partial charge in [-0.25, -0.2) is 0 Å². The maximum Gasteiger partial charge on any atom is 0.249 e. The lowest BCUT2D eigenvalue weighted by Gasteiger charge is -2.30. The highest BCUT2D eigenvalue weighted by Crippen LogP contribution is 2.45. The molecule has 4 heterocycles. The normalized spacial score (nSPS) is 17.6. The van der Waals surface area contributed by atoms with Crippen LogP contribution in [0.5, 0.6) is 0 Å². The zero-order chi connectivity index (χ0) is 28.3. The van der Waals surface area contributed by atoms with E-state index in [1.54, 1.807) is 0 Å². The number of nitrogens with zero attached hydrogens (tertiary/aromatic N) is 2. The van der Waals surface area contributed by atoms with Crippen LogP contribution < -0.4 is 14.3 Å². The Morgan fingerprint density at radius 2 is 1.49 bits per heavy atom. The Balaban J connectivity index is 1.56. The van der Waals surface area contributed by atoms with Crippen molar-refractivity contribution in [3.8, 4) is 33.6 Å². The number of hydrogen-bond donors (Lipinski definition) is 0. The fraction of sp³-hybridized carbons (Fsp3) is 0.211. The van der Waals surface area contributed by atoms with Crippen LogP contribution in [-0.2, 0) is 6.42 Å². The Kier molecular flexibility index (Phi) is 6.17. The largest absolute Gasteiger partial charge is 0.249 e. The van der Waals surface area contributed by atoms with E-state index in [0.717, 1.165) is 18.5 Å². The van der Waals surface area contributed by atoms with Crippen LogP contribution in [0.15, 0.2) is 116 Å². The first-order valence-corrected chi connectivity index (χ1v) is 18.4. The van der Waals surface area contributed by atoms with E-state index >= 15 is 0 Å². The minimum atomic E-state index is -1.70. The van der Waals surface area contributed by atoms with Crippen LogP contribution in [0.2, 0.25) is 19.6 Å². The van der Waals surface area contributed by atoms with Gasteiger partial charge in [-0.3, -0.25) is 0 Å². The van der Waals surface area contributed by atoms with Crippen molar-refractivity contribution < 1.29 is 9.13 Å². The maximum absolute atomic E-state index is 4.94. The highest BCUT2D eigenvalue weighted by atomic mass is 28.3. The number of fused-ring (bicyclic) bond motifs is 9. The predicted octanol–water partition coefficient (Wildman–Crippen LogP) is 7.87. The van der Waals surface area contributed by atoms with Crippen LogP contribution in [0, 0.1) is 6.92 Å². The van der Waals surface area contributed by atoms with Crippen molar-refractivity contribution in [2.45, 2.75) is 51.4 Å². The van der Waals surface area contributed by atoms with E-state index in [-0.39, 0.29) is 6.04 Å². The summed E-state index contributed by atoms with van der Waals surface area (Å²) in [5.74, 6) is 0.321. The topological polar surface area (TPSA) is 7.76 Å². The standard InChI is InChI=1S/C38H38N2Si/c1-26-14-13-23-39-37(26)32-20-12-11-19-31(32)33-22-21-29-17-9-10-18-30(29)35-24-36(41(3,4)5)34(28-15-7-6-8-16-28)25-40(35)27(2)38(33)39/h6-20,23-25,33,38H,2,21-22H2,1,3-5H3/q+2. The summed E-state index contributed by atoms with van der Waals surface area (Å²) in [5, 5.41) is 1.49. The third-order valence-corrected chi connectivity index (χ3v) is 11.2. The highest BCUT2D eigenvalue weighted by molar-refractivity contribution is 6.89. The van der Waals surface area contributed by atoms with E-state index in [2.05, 4.69) is 145 Å². The average Bonchev–Trinajstić information content (AvgIpc) is 3.03. The molecule has 0 amide bonds. The lowest BCUT2D eigenvalue weighted by molar-refractivity contribution is -0.727. The summed E-state index contributed by atoms with van der Waals surface area (Å²) in [6.07, 6.45) is 6.79. The van der Waals surface area contributed by atoms with Crippen LogP contribution in [0.3, 0.4) is 0 Å². The molecule has 2 aromatic heterocycles. The molecule has 2 atom stereocenters. The Morgan fingerprint density at radius 3 is 2.27 bits per heavy atom. The van der Waals surface area contributed by atoms with Crippen molar-refractivity contribution in [1.29, 1.82) is 0 Å². The molecule has 0 spiro atoms. The van der Waals surface area contributed by atoms with Gasteiger partial charge < -0.3 is 0 Å². The zero-order valence-corrected chi connectivity index (χ0v) is 25.6. The van der Waals surface area contributed by atoms with E-state index in [1.165, 1.54) is 55.5 Å². The number of pyridine rings is 2. The van der Waals surface area contributed by atoms with Crippen LogP contribution in [0.1, 0.15) is 35.1 Å². The van der Waals surface area contributed by atoms with Crippen LogP contribution >= 0.6 is 0 Å². The van der Waals surface area contributed by atoms with Crippen molar-refractivity contribution in [3.63, 3.8) is 0 Å². The van der Waals surface area contributed by atoms with Gasteiger partial charge in [-0.1, -0.05) is 86.4 Å². The molecular weight excluding hydrogens is 513 g/mol. The van der Waals surface area contributed by atoms with Crippen LogP contribution in [-0.4, -0.2) is 8.07 Å². The molecule has 2 unspecified atom stereocenters. The van der Waals surface area contributed by atoms with E-state index in [0.29, 0.717) is 5.92 Å². The van der Waals surface area contributed by atoms with Gasteiger partial charge in [-0.05, 0) is 66.4 Å². The molecule has 0 fully saturated rings. The van der Waals surface area contributed by atoms with Gasteiger partial charge in [0.2, 0.25) is 23.1 Å². The van der Waals surface area contributed by atoms with E-state index in [1.807, 2.05) is 0 Å². The molecule has 3 aromatic carbocycles. The minimum Gasteiger partial charge on any atom is -0.184 e. The van der Waals surface area contributed by atoms with E-state index in [9.17, 15) is 0 Å². The Labute approximate surface area is 245 Å². The average molecular weight is 551 g/mol. The first-order chi connectivity index (χ1) is 19.8. The Bertz CT molecular complexity index is 1810. The minimum absolute atomic E-state index is 0.110. The fourth-order valence-electron chi connectivity index (χ4n) is 7.23. The molecule has 0 saturated carbocycles. The zero-order valence-electron chi connectivity index (χ0n) is 24.6. The second-order valence-electron chi connectivity index (χ2n) is 12.7. The van der Waals surface area contributed by atoms with Gasteiger partial charge in [-0.2, -0.15) is 9.13 Å².